The molecule has 0 aliphatic rings. The minimum Gasteiger partial charge on any atom is -0.493 e. The van der Waals surface area contributed by atoms with Crippen molar-refractivity contribution < 1.29 is 4.74 Å². The molecule has 102 valence electrons. The van der Waals surface area contributed by atoms with Crippen molar-refractivity contribution in [2.75, 3.05) is 26.2 Å². The molecule has 0 fully saturated rings. The Balaban J connectivity index is 2.28. The monoisotopic (exact) mass is 314 g/mol. The maximum absolute atomic E-state index is 5.49. The van der Waals surface area contributed by atoms with Crippen molar-refractivity contribution >= 4 is 15.9 Å². The van der Waals surface area contributed by atoms with E-state index in [2.05, 4.69) is 45.6 Å². The van der Waals surface area contributed by atoms with Crippen molar-refractivity contribution in [3.05, 3.63) is 28.2 Å². The van der Waals surface area contributed by atoms with E-state index in [9.17, 15) is 0 Å². The van der Waals surface area contributed by atoms with E-state index in [1.807, 2.05) is 13.0 Å². The van der Waals surface area contributed by atoms with Gasteiger partial charge >= 0.3 is 0 Å². The van der Waals surface area contributed by atoms with E-state index in [-0.39, 0.29) is 0 Å². The Morgan fingerprint density at radius 1 is 1.17 bits per heavy atom. The van der Waals surface area contributed by atoms with Crippen molar-refractivity contribution in [2.24, 2.45) is 0 Å². The number of hydrogen-bond acceptors (Lipinski definition) is 3. The summed E-state index contributed by atoms with van der Waals surface area (Å²) in [6, 6.07) is 6.23. The lowest BCUT2D eigenvalue weighted by Gasteiger charge is -2.09. The molecule has 0 saturated carbocycles. The zero-order valence-electron chi connectivity index (χ0n) is 11.3. The van der Waals surface area contributed by atoms with Gasteiger partial charge in [-0.3, -0.25) is 0 Å². The van der Waals surface area contributed by atoms with Crippen LogP contribution in [0.1, 0.15) is 25.8 Å². The molecule has 0 aliphatic heterocycles. The van der Waals surface area contributed by atoms with Crippen LogP contribution >= 0.6 is 15.9 Å². The molecular formula is C14H23BrN2O. The van der Waals surface area contributed by atoms with Gasteiger partial charge in [0.05, 0.1) is 11.1 Å². The minimum absolute atomic E-state index is 0.695. The van der Waals surface area contributed by atoms with Gasteiger partial charge in [0.15, 0.2) is 0 Å². The average Bonchev–Trinajstić information content (AvgIpc) is 2.37. The molecular weight excluding hydrogens is 292 g/mol. The smallest absolute Gasteiger partial charge is 0.133 e. The van der Waals surface area contributed by atoms with Gasteiger partial charge in [-0.15, -0.1) is 0 Å². The fourth-order valence-corrected chi connectivity index (χ4v) is 2.22. The summed E-state index contributed by atoms with van der Waals surface area (Å²) in [4.78, 5) is 0. The van der Waals surface area contributed by atoms with Gasteiger partial charge in [0, 0.05) is 6.54 Å². The minimum atomic E-state index is 0.695. The van der Waals surface area contributed by atoms with Gasteiger partial charge < -0.3 is 15.4 Å². The normalized spacial score (nSPS) is 10.6. The van der Waals surface area contributed by atoms with Crippen LogP contribution in [-0.4, -0.2) is 26.2 Å². The van der Waals surface area contributed by atoms with Crippen LogP contribution in [0, 0.1) is 0 Å². The summed E-state index contributed by atoms with van der Waals surface area (Å²) in [7, 11) is 0. The fourth-order valence-electron chi connectivity index (χ4n) is 1.67. The van der Waals surface area contributed by atoms with Crippen molar-refractivity contribution in [1.29, 1.82) is 0 Å². The van der Waals surface area contributed by atoms with Crippen LogP contribution in [0.5, 0.6) is 5.75 Å². The second-order valence-electron chi connectivity index (χ2n) is 4.08. The highest BCUT2D eigenvalue weighted by atomic mass is 79.9. The predicted molar refractivity (Wildman–Crippen MR) is 80.2 cm³/mol. The van der Waals surface area contributed by atoms with Crippen molar-refractivity contribution in [1.82, 2.24) is 10.6 Å². The van der Waals surface area contributed by atoms with E-state index in [0.29, 0.717) is 6.61 Å². The summed E-state index contributed by atoms with van der Waals surface area (Å²) in [5.41, 5.74) is 1.27. The highest BCUT2D eigenvalue weighted by Gasteiger charge is 2.01. The molecule has 4 heteroatoms. The van der Waals surface area contributed by atoms with Crippen LogP contribution in [0.3, 0.4) is 0 Å². The molecule has 1 aromatic carbocycles. The average molecular weight is 315 g/mol. The highest BCUT2D eigenvalue weighted by molar-refractivity contribution is 9.10. The van der Waals surface area contributed by atoms with E-state index in [1.54, 1.807) is 0 Å². The molecule has 0 saturated heterocycles. The summed E-state index contributed by atoms with van der Waals surface area (Å²) in [5, 5.41) is 6.75. The molecule has 0 bridgehead atoms. The van der Waals surface area contributed by atoms with Gasteiger partial charge in [-0.1, -0.05) is 13.0 Å². The molecule has 0 aromatic heterocycles. The van der Waals surface area contributed by atoms with Crippen molar-refractivity contribution in [2.45, 2.75) is 26.8 Å². The Labute approximate surface area is 118 Å². The zero-order chi connectivity index (χ0) is 13.2. The number of hydrogen-bond donors (Lipinski definition) is 2. The summed E-state index contributed by atoms with van der Waals surface area (Å²) >= 11 is 3.53. The van der Waals surface area contributed by atoms with Crippen LogP contribution in [0.15, 0.2) is 22.7 Å². The molecule has 0 heterocycles. The Hall–Kier alpha value is -0.580. The second-order valence-corrected chi connectivity index (χ2v) is 4.94. The highest BCUT2D eigenvalue weighted by Crippen LogP contribution is 2.25. The lowest BCUT2D eigenvalue weighted by atomic mass is 10.2. The SMILES string of the molecule is CCNCCCNCc1ccc(OCC)c(Br)c1. The summed E-state index contributed by atoms with van der Waals surface area (Å²) in [5.74, 6) is 0.911. The molecule has 0 spiro atoms. The van der Waals surface area contributed by atoms with Crippen LogP contribution in [0.4, 0.5) is 0 Å². The quantitative estimate of drug-likeness (QED) is 0.688. The molecule has 0 atom stereocenters. The van der Waals surface area contributed by atoms with Gasteiger partial charge in [0.25, 0.3) is 0 Å². The lowest BCUT2D eigenvalue weighted by Crippen LogP contribution is -2.21. The van der Waals surface area contributed by atoms with E-state index in [4.69, 9.17) is 4.74 Å². The predicted octanol–water partition coefficient (Wildman–Crippen LogP) is 2.94. The van der Waals surface area contributed by atoms with Crippen LogP contribution < -0.4 is 15.4 Å². The third kappa shape index (κ3) is 5.85. The molecule has 18 heavy (non-hydrogen) atoms. The van der Waals surface area contributed by atoms with E-state index in [1.165, 1.54) is 5.56 Å². The van der Waals surface area contributed by atoms with Crippen molar-refractivity contribution in [3.8, 4) is 5.75 Å². The first-order valence-corrected chi connectivity index (χ1v) is 7.39. The van der Waals surface area contributed by atoms with Gasteiger partial charge in [0.1, 0.15) is 5.75 Å². The number of nitrogens with one attached hydrogen (secondary N) is 2. The topological polar surface area (TPSA) is 33.3 Å². The van der Waals surface area contributed by atoms with Crippen molar-refractivity contribution in [3.63, 3.8) is 0 Å². The molecule has 0 unspecified atom stereocenters. The van der Waals surface area contributed by atoms with Gasteiger partial charge in [-0.25, -0.2) is 0 Å². The molecule has 3 nitrogen and oxygen atoms in total. The van der Waals surface area contributed by atoms with Crippen LogP contribution in [0.25, 0.3) is 0 Å². The van der Waals surface area contributed by atoms with Crippen LogP contribution in [-0.2, 0) is 6.54 Å². The van der Waals surface area contributed by atoms with E-state index in [0.717, 1.165) is 42.8 Å². The van der Waals surface area contributed by atoms with E-state index < -0.39 is 0 Å². The summed E-state index contributed by atoms with van der Waals surface area (Å²) in [6.07, 6.45) is 1.16. The van der Waals surface area contributed by atoms with E-state index >= 15 is 0 Å². The first kappa shape index (κ1) is 15.5. The van der Waals surface area contributed by atoms with Gasteiger partial charge in [0.2, 0.25) is 0 Å². The number of benzene rings is 1. The third-order valence-corrected chi connectivity index (χ3v) is 3.20. The van der Waals surface area contributed by atoms with Crippen LogP contribution in [0.2, 0.25) is 0 Å². The Morgan fingerprint density at radius 3 is 2.61 bits per heavy atom. The first-order chi connectivity index (χ1) is 8.77. The number of ether oxygens (including phenoxy) is 1. The fraction of sp³-hybridized carbons (Fsp3) is 0.571. The standard InChI is InChI=1S/C14H23BrN2O/c1-3-16-8-5-9-17-11-12-6-7-14(18-4-2)13(15)10-12/h6-7,10,16-17H,3-5,8-9,11H2,1-2H3. The maximum atomic E-state index is 5.49. The summed E-state index contributed by atoms with van der Waals surface area (Å²) < 4.78 is 6.51. The Morgan fingerprint density at radius 2 is 1.94 bits per heavy atom. The summed E-state index contributed by atoms with van der Waals surface area (Å²) in [6.45, 7) is 8.88. The van der Waals surface area contributed by atoms with Gasteiger partial charge in [-0.2, -0.15) is 0 Å². The molecule has 1 rings (SSSR count). The largest absolute Gasteiger partial charge is 0.493 e. The number of halogens is 1. The molecule has 0 radical (unpaired) electrons. The first-order valence-electron chi connectivity index (χ1n) is 6.60. The Kier molecular flexibility index (Phi) is 8.05. The molecule has 2 N–H and O–H groups in total. The second kappa shape index (κ2) is 9.36. The maximum Gasteiger partial charge on any atom is 0.133 e. The zero-order valence-corrected chi connectivity index (χ0v) is 12.8. The lowest BCUT2D eigenvalue weighted by molar-refractivity contribution is 0.338. The molecule has 0 aliphatic carbocycles. The number of rotatable bonds is 9. The van der Waals surface area contributed by atoms with Gasteiger partial charge in [-0.05, 0) is 66.6 Å². The molecule has 0 amide bonds. The Bertz CT molecular complexity index is 345. The third-order valence-electron chi connectivity index (χ3n) is 2.58. The molecule has 1 aromatic rings.